The molecule has 0 aliphatic heterocycles. The normalized spacial score (nSPS) is 12.4. The van der Waals surface area contributed by atoms with Crippen LogP contribution in [0.3, 0.4) is 0 Å². The smallest absolute Gasteiger partial charge is 0.207 e. The number of thioether (sulfide) groups is 1. The zero-order chi connectivity index (χ0) is 20.7. The summed E-state index contributed by atoms with van der Waals surface area (Å²) in [4.78, 5) is 0.420. The van der Waals surface area contributed by atoms with Crippen LogP contribution >= 0.6 is 11.8 Å². The summed E-state index contributed by atoms with van der Waals surface area (Å²) in [6.45, 7) is 1.91. The number of nitrogens with two attached hydrogens (primary N) is 1. The monoisotopic (exact) mass is 423 g/mol. The predicted octanol–water partition coefficient (Wildman–Crippen LogP) is 4.41. The second kappa shape index (κ2) is 9.54. The number of nitrogens with zero attached hydrogens (tertiary/aromatic N) is 2. The first-order chi connectivity index (χ1) is 14.0. The minimum Gasteiger partial charge on any atom is -0.377 e. The number of rotatable bonds is 6. The average Bonchev–Trinajstić information content (AvgIpc) is 2.73. The molecule has 0 aliphatic rings. The Hall–Kier alpha value is -2.90. The summed E-state index contributed by atoms with van der Waals surface area (Å²) in [6.07, 6.45) is 1.41. The Labute approximate surface area is 175 Å². The molecule has 0 spiro atoms. The van der Waals surface area contributed by atoms with Gasteiger partial charge in [0.05, 0.1) is 16.0 Å². The van der Waals surface area contributed by atoms with E-state index in [1.807, 2.05) is 37.3 Å². The van der Waals surface area contributed by atoms with Gasteiger partial charge in [-0.25, -0.2) is 8.42 Å². The van der Waals surface area contributed by atoms with Crippen molar-refractivity contribution in [2.24, 2.45) is 15.9 Å². The Balaban J connectivity index is 1.77. The van der Waals surface area contributed by atoms with Crippen molar-refractivity contribution in [3.8, 4) is 0 Å². The third-order valence-corrected chi connectivity index (χ3v) is 6.82. The molecule has 0 saturated carbocycles. The molecular formula is C22H21N3O2S2. The van der Waals surface area contributed by atoms with Gasteiger partial charge in [0.2, 0.25) is 9.84 Å². The minimum atomic E-state index is -3.66. The molecule has 0 amide bonds. The predicted molar refractivity (Wildman–Crippen MR) is 120 cm³/mol. The number of sulfone groups is 1. The van der Waals surface area contributed by atoms with E-state index in [9.17, 15) is 8.42 Å². The molecule has 0 fully saturated rings. The van der Waals surface area contributed by atoms with Gasteiger partial charge in [-0.1, -0.05) is 78.0 Å². The van der Waals surface area contributed by atoms with E-state index in [1.165, 1.54) is 18.0 Å². The first-order valence-corrected chi connectivity index (χ1v) is 11.4. The highest BCUT2D eigenvalue weighted by Gasteiger charge is 2.20. The lowest BCUT2D eigenvalue weighted by Gasteiger charge is -2.07. The second-order valence-corrected chi connectivity index (χ2v) is 9.23. The zero-order valence-corrected chi connectivity index (χ0v) is 17.5. The van der Waals surface area contributed by atoms with E-state index in [-0.39, 0.29) is 9.79 Å². The van der Waals surface area contributed by atoms with E-state index >= 15 is 0 Å². The van der Waals surface area contributed by atoms with Crippen LogP contribution in [0.5, 0.6) is 0 Å². The molecule has 148 valence electrons. The van der Waals surface area contributed by atoms with Gasteiger partial charge in [0.25, 0.3) is 0 Å². The van der Waals surface area contributed by atoms with Crippen LogP contribution in [0.2, 0.25) is 0 Å². The highest BCUT2D eigenvalue weighted by Crippen LogP contribution is 2.23. The zero-order valence-electron chi connectivity index (χ0n) is 15.9. The Kier molecular flexibility index (Phi) is 6.85. The highest BCUT2D eigenvalue weighted by molar-refractivity contribution is 8.13. The largest absolute Gasteiger partial charge is 0.377 e. The molecule has 29 heavy (non-hydrogen) atoms. The van der Waals surface area contributed by atoms with Crippen molar-refractivity contribution in [3.63, 3.8) is 0 Å². The molecule has 2 N–H and O–H groups in total. The van der Waals surface area contributed by atoms with E-state index in [0.717, 1.165) is 11.1 Å². The molecule has 0 bridgehead atoms. The Morgan fingerprint density at radius 2 is 1.62 bits per heavy atom. The van der Waals surface area contributed by atoms with Crippen molar-refractivity contribution in [1.29, 1.82) is 0 Å². The van der Waals surface area contributed by atoms with Crippen LogP contribution in [0.25, 0.3) is 0 Å². The Morgan fingerprint density at radius 1 is 0.966 bits per heavy atom. The van der Waals surface area contributed by atoms with Crippen LogP contribution in [0.1, 0.15) is 16.7 Å². The van der Waals surface area contributed by atoms with Gasteiger partial charge in [-0.15, -0.1) is 5.10 Å². The standard InChI is InChI=1S/C22H21N3O2S2/c1-17-11-13-20(14-12-17)29(26,27)21-10-6-5-9-19(21)15-24-25-22(23)28-16-18-7-3-2-4-8-18/h2-15H,16H2,1H3,(H2,23,25). The van der Waals surface area contributed by atoms with Crippen LogP contribution in [-0.4, -0.2) is 19.8 Å². The molecule has 3 rings (SSSR count). The maximum absolute atomic E-state index is 13.0. The number of amidine groups is 1. The average molecular weight is 424 g/mol. The van der Waals surface area contributed by atoms with E-state index in [4.69, 9.17) is 5.73 Å². The molecule has 0 saturated heterocycles. The molecule has 3 aromatic carbocycles. The van der Waals surface area contributed by atoms with Crippen LogP contribution in [0.15, 0.2) is 98.9 Å². The maximum atomic E-state index is 13.0. The SMILES string of the molecule is Cc1ccc(S(=O)(=O)c2ccccc2C=NN=C(N)SCc2ccccc2)cc1. The fourth-order valence-corrected chi connectivity index (χ4v) is 4.63. The second-order valence-electron chi connectivity index (χ2n) is 6.31. The van der Waals surface area contributed by atoms with Crippen molar-refractivity contribution in [2.45, 2.75) is 22.5 Å². The van der Waals surface area contributed by atoms with Crippen LogP contribution in [0.4, 0.5) is 0 Å². The number of benzene rings is 3. The molecule has 3 aromatic rings. The fraction of sp³-hybridized carbons (Fsp3) is 0.0909. The third-order valence-electron chi connectivity index (χ3n) is 4.12. The van der Waals surface area contributed by atoms with Gasteiger partial charge >= 0.3 is 0 Å². The van der Waals surface area contributed by atoms with Crippen molar-refractivity contribution >= 4 is 33.0 Å². The first kappa shape index (κ1) is 20.8. The first-order valence-electron chi connectivity index (χ1n) is 8.91. The summed E-state index contributed by atoms with van der Waals surface area (Å²) in [5.74, 6) is 0.685. The lowest BCUT2D eigenvalue weighted by atomic mass is 10.2. The van der Waals surface area contributed by atoms with Gasteiger partial charge in [0, 0.05) is 11.3 Å². The van der Waals surface area contributed by atoms with Gasteiger partial charge in [-0.05, 0) is 30.7 Å². The number of aryl methyl sites for hydroxylation is 1. The molecule has 0 atom stereocenters. The van der Waals surface area contributed by atoms with E-state index < -0.39 is 9.84 Å². The summed E-state index contributed by atoms with van der Waals surface area (Å²) in [7, 11) is -3.66. The van der Waals surface area contributed by atoms with Crippen molar-refractivity contribution in [1.82, 2.24) is 0 Å². The van der Waals surface area contributed by atoms with E-state index in [1.54, 1.807) is 48.5 Å². The Bertz CT molecular complexity index is 1120. The van der Waals surface area contributed by atoms with Crippen LogP contribution in [0, 0.1) is 6.92 Å². The number of hydrogen-bond acceptors (Lipinski definition) is 5. The van der Waals surface area contributed by atoms with Crippen LogP contribution in [-0.2, 0) is 15.6 Å². The van der Waals surface area contributed by atoms with Crippen LogP contribution < -0.4 is 5.73 Å². The molecule has 0 aliphatic carbocycles. The van der Waals surface area contributed by atoms with Crippen molar-refractivity contribution in [3.05, 3.63) is 95.6 Å². The number of hydrogen-bond donors (Lipinski definition) is 1. The Morgan fingerprint density at radius 3 is 2.34 bits per heavy atom. The molecule has 0 unspecified atom stereocenters. The van der Waals surface area contributed by atoms with Gasteiger partial charge < -0.3 is 5.73 Å². The van der Waals surface area contributed by atoms with E-state index in [0.29, 0.717) is 16.5 Å². The molecule has 7 heteroatoms. The molecule has 5 nitrogen and oxygen atoms in total. The molecule has 0 aromatic heterocycles. The summed E-state index contributed by atoms with van der Waals surface area (Å²) in [5, 5.41) is 8.27. The molecular weight excluding hydrogens is 402 g/mol. The molecule has 0 heterocycles. The summed E-state index contributed by atoms with van der Waals surface area (Å²) in [6, 6.07) is 23.4. The van der Waals surface area contributed by atoms with Crippen molar-refractivity contribution < 1.29 is 8.42 Å². The minimum absolute atomic E-state index is 0.179. The van der Waals surface area contributed by atoms with Gasteiger partial charge in [-0.2, -0.15) is 5.10 Å². The summed E-state index contributed by atoms with van der Waals surface area (Å²) in [5.41, 5.74) is 8.48. The third kappa shape index (κ3) is 5.56. The quantitative estimate of drug-likeness (QED) is 0.361. The summed E-state index contributed by atoms with van der Waals surface area (Å²) >= 11 is 1.37. The molecule has 0 radical (unpaired) electrons. The van der Waals surface area contributed by atoms with Gasteiger partial charge in [0.15, 0.2) is 5.17 Å². The highest BCUT2D eigenvalue weighted by atomic mass is 32.2. The topological polar surface area (TPSA) is 84.9 Å². The lowest BCUT2D eigenvalue weighted by Crippen LogP contribution is -2.07. The lowest BCUT2D eigenvalue weighted by molar-refractivity contribution is 0.596. The summed E-state index contributed by atoms with van der Waals surface area (Å²) < 4.78 is 26.0. The van der Waals surface area contributed by atoms with Gasteiger partial charge in [-0.3, -0.25) is 0 Å². The fourth-order valence-electron chi connectivity index (χ4n) is 2.58. The maximum Gasteiger partial charge on any atom is 0.207 e. The van der Waals surface area contributed by atoms with Gasteiger partial charge in [0.1, 0.15) is 0 Å². The van der Waals surface area contributed by atoms with E-state index in [2.05, 4.69) is 10.2 Å². The van der Waals surface area contributed by atoms with Crippen molar-refractivity contribution in [2.75, 3.05) is 0 Å².